The molecule has 0 fully saturated rings. The molecule has 1 aromatic carbocycles. The van der Waals surface area contributed by atoms with Gasteiger partial charge in [-0.25, -0.2) is 14.3 Å². The second-order valence-corrected chi connectivity index (χ2v) is 6.38. The Morgan fingerprint density at radius 1 is 1.32 bits per heavy atom. The van der Waals surface area contributed by atoms with Crippen LogP contribution in [-0.4, -0.2) is 40.6 Å². The first-order valence-corrected chi connectivity index (χ1v) is 8.24. The summed E-state index contributed by atoms with van der Waals surface area (Å²) in [5, 5.41) is 4.34. The number of aromatic nitrogens is 3. The van der Waals surface area contributed by atoms with Gasteiger partial charge < -0.3 is 9.64 Å². The van der Waals surface area contributed by atoms with Gasteiger partial charge in [0.1, 0.15) is 12.0 Å². The van der Waals surface area contributed by atoms with Crippen molar-refractivity contribution >= 4 is 50.6 Å². The van der Waals surface area contributed by atoms with Crippen molar-refractivity contribution in [3.63, 3.8) is 0 Å². The smallest absolute Gasteiger partial charge is 0.339 e. The van der Waals surface area contributed by atoms with Crippen LogP contribution in [0.4, 0.5) is 5.69 Å². The van der Waals surface area contributed by atoms with E-state index in [-0.39, 0.29) is 22.2 Å². The summed E-state index contributed by atoms with van der Waals surface area (Å²) in [6, 6.07) is 6.31. The van der Waals surface area contributed by atoms with E-state index in [2.05, 4.69) is 26.0 Å². The maximum Gasteiger partial charge on any atom is 0.339 e. The Bertz CT molecular complexity index is 989. The lowest BCUT2D eigenvalue weighted by Crippen LogP contribution is -2.27. The topological polar surface area (TPSA) is 76.8 Å². The van der Waals surface area contributed by atoms with Gasteiger partial charge in [-0.2, -0.15) is 5.10 Å². The molecule has 0 N–H and O–H groups in total. The number of halogens is 2. The maximum atomic E-state index is 12.7. The molecule has 0 aliphatic heterocycles. The van der Waals surface area contributed by atoms with Crippen LogP contribution in [-0.2, 0) is 4.74 Å². The third-order valence-corrected chi connectivity index (χ3v) is 4.57. The molecule has 9 heteroatoms. The predicted molar refractivity (Wildman–Crippen MR) is 96.2 cm³/mol. The summed E-state index contributed by atoms with van der Waals surface area (Å²) in [5.74, 6) is -0.913. The maximum absolute atomic E-state index is 12.7. The first-order valence-electron chi connectivity index (χ1n) is 7.07. The van der Waals surface area contributed by atoms with Crippen LogP contribution < -0.4 is 4.90 Å². The summed E-state index contributed by atoms with van der Waals surface area (Å²) < 4.78 is 7.01. The second-order valence-electron chi connectivity index (χ2n) is 5.12. The molecular weight excluding hydrogens is 412 g/mol. The molecule has 2 heterocycles. The minimum absolute atomic E-state index is 0.184. The molecule has 0 spiro atoms. The highest BCUT2D eigenvalue weighted by atomic mass is 79.9. The van der Waals surface area contributed by atoms with Crippen molar-refractivity contribution in [3.05, 3.63) is 57.5 Å². The van der Waals surface area contributed by atoms with E-state index in [1.807, 2.05) is 0 Å². The fourth-order valence-electron chi connectivity index (χ4n) is 2.26. The van der Waals surface area contributed by atoms with Crippen LogP contribution in [0.1, 0.15) is 20.8 Å². The second kappa shape index (κ2) is 6.81. The molecule has 0 aliphatic rings. The van der Waals surface area contributed by atoms with Crippen LogP contribution in [0, 0.1) is 0 Å². The van der Waals surface area contributed by atoms with Gasteiger partial charge in [0.2, 0.25) is 0 Å². The number of hydrogen-bond donors (Lipinski definition) is 0. The number of fused-ring (bicyclic) bond motifs is 1. The zero-order chi connectivity index (χ0) is 18.1. The van der Waals surface area contributed by atoms with Gasteiger partial charge in [-0.05, 0) is 40.2 Å². The molecule has 3 aromatic rings. The number of hydrogen-bond acceptors (Lipinski definition) is 5. The van der Waals surface area contributed by atoms with Crippen LogP contribution in [0.25, 0.3) is 5.52 Å². The van der Waals surface area contributed by atoms with Crippen LogP contribution >= 0.6 is 27.5 Å². The molecule has 0 radical (unpaired) electrons. The van der Waals surface area contributed by atoms with Crippen molar-refractivity contribution in [3.8, 4) is 0 Å². The van der Waals surface area contributed by atoms with E-state index in [4.69, 9.17) is 16.3 Å². The first-order chi connectivity index (χ1) is 11.9. The van der Waals surface area contributed by atoms with Gasteiger partial charge in [-0.3, -0.25) is 4.79 Å². The van der Waals surface area contributed by atoms with Crippen molar-refractivity contribution in [2.45, 2.75) is 0 Å². The van der Waals surface area contributed by atoms with E-state index >= 15 is 0 Å². The summed E-state index contributed by atoms with van der Waals surface area (Å²) in [5.41, 5.74) is 1.64. The molecule has 0 unspecified atom stereocenters. The van der Waals surface area contributed by atoms with Gasteiger partial charge in [0.05, 0.1) is 33.9 Å². The van der Waals surface area contributed by atoms with Crippen LogP contribution in [0.5, 0.6) is 0 Å². The Morgan fingerprint density at radius 2 is 2.08 bits per heavy atom. The molecule has 0 saturated heterocycles. The number of benzene rings is 1. The van der Waals surface area contributed by atoms with Crippen molar-refractivity contribution in [2.24, 2.45) is 0 Å². The lowest BCUT2D eigenvalue weighted by Gasteiger charge is -2.18. The number of methoxy groups -OCH3 is 1. The van der Waals surface area contributed by atoms with E-state index in [9.17, 15) is 9.59 Å². The normalized spacial score (nSPS) is 10.7. The molecule has 25 heavy (non-hydrogen) atoms. The average Bonchev–Trinajstić information content (AvgIpc) is 3.00. The monoisotopic (exact) mass is 422 g/mol. The van der Waals surface area contributed by atoms with E-state index in [0.717, 1.165) is 9.99 Å². The van der Waals surface area contributed by atoms with Crippen molar-refractivity contribution in [1.82, 2.24) is 14.6 Å². The minimum Gasteiger partial charge on any atom is -0.465 e. The number of esters is 1. The number of amides is 1. The van der Waals surface area contributed by atoms with Gasteiger partial charge in [-0.1, -0.05) is 11.6 Å². The largest absolute Gasteiger partial charge is 0.465 e. The third-order valence-electron chi connectivity index (χ3n) is 3.63. The van der Waals surface area contributed by atoms with Gasteiger partial charge in [-0.15, -0.1) is 0 Å². The Kier molecular flexibility index (Phi) is 4.73. The lowest BCUT2D eigenvalue weighted by molar-refractivity contribution is 0.0600. The zero-order valence-corrected chi connectivity index (χ0v) is 15.6. The van der Waals surface area contributed by atoms with Crippen molar-refractivity contribution in [1.29, 1.82) is 0 Å². The average molecular weight is 424 g/mol. The Labute approximate surface area is 156 Å². The molecule has 128 valence electrons. The van der Waals surface area contributed by atoms with E-state index in [0.29, 0.717) is 5.69 Å². The Morgan fingerprint density at radius 3 is 2.80 bits per heavy atom. The minimum atomic E-state index is -0.574. The molecule has 2 aromatic heterocycles. The molecule has 7 nitrogen and oxygen atoms in total. The van der Waals surface area contributed by atoms with Gasteiger partial charge >= 0.3 is 5.97 Å². The number of anilines is 1. The summed E-state index contributed by atoms with van der Waals surface area (Å²) in [7, 11) is 2.85. The quantitative estimate of drug-likeness (QED) is 0.605. The van der Waals surface area contributed by atoms with Gasteiger partial charge in [0, 0.05) is 12.7 Å². The highest BCUT2D eigenvalue weighted by molar-refractivity contribution is 9.10. The Hall–Kier alpha value is -2.45. The first kappa shape index (κ1) is 17.4. The molecule has 3 rings (SSSR count). The van der Waals surface area contributed by atoms with E-state index < -0.39 is 5.97 Å². The van der Waals surface area contributed by atoms with Crippen LogP contribution in [0.3, 0.4) is 0 Å². The molecule has 0 atom stereocenters. The van der Waals surface area contributed by atoms with Gasteiger partial charge in [0.15, 0.2) is 0 Å². The molecule has 1 amide bonds. The third kappa shape index (κ3) is 3.22. The van der Waals surface area contributed by atoms with E-state index in [1.54, 1.807) is 29.9 Å². The molecule has 0 saturated carbocycles. The number of nitrogens with zero attached hydrogens (tertiary/aromatic N) is 4. The Balaban J connectivity index is 1.96. The lowest BCUT2D eigenvalue weighted by atomic mass is 10.2. The number of ether oxygens (including phenoxy) is 1. The fourth-order valence-corrected chi connectivity index (χ4v) is 2.84. The fraction of sp³-hybridized carbons (Fsp3) is 0.125. The number of carbonyl (C=O) groups is 2. The SMILES string of the molecule is COC(=O)c1cc(N(C)C(=O)c2cc3c(Br)cnn3cn2)ccc1Cl. The van der Waals surface area contributed by atoms with E-state index in [1.165, 1.54) is 30.5 Å². The number of carbonyl (C=O) groups excluding carboxylic acids is 2. The molecule has 0 bridgehead atoms. The van der Waals surface area contributed by atoms with Crippen LogP contribution in [0.2, 0.25) is 5.02 Å². The van der Waals surface area contributed by atoms with Gasteiger partial charge in [0.25, 0.3) is 5.91 Å². The highest BCUT2D eigenvalue weighted by Crippen LogP contribution is 2.25. The zero-order valence-electron chi connectivity index (χ0n) is 13.2. The summed E-state index contributed by atoms with van der Waals surface area (Å²) in [6.45, 7) is 0. The van der Waals surface area contributed by atoms with Crippen molar-refractivity contribution in [2.75, 3.05) is 19.1 Å². The predicted octanol–water partition coefficient (Wildman–Crippen LogP) is 3.21. The standard InChI is InChI=1S/C16H12BrClN4O3/c1-21(9-3-4-12(18)10(5-9)16(24)25-2)15(23)13-6-14-11(17)7-20-22(14)8-19-13/h3-8H,1-2H3. The molecule has 0 aliphatic carbocycles. The summed E-state index contributed by atoms with van der Waals surface area (Å²) in [6.07, 6.45) is 3.08. The highest BCUT2D eigenvalue weighted by Gasteiger charge is 2.19. The van der Waals surface area contributed by atoms with Crippen LogP contribution in [0.15, 0.2) is 41.3 Å². The molecular formula is C16H12BrClN4O3. The number of rotatable bonds is 3. The summed E-state index contributed by atoms with van der Waals surface area (Å²) in [4.78, 5) is 30.0. The van der Waals surface area contributed by atoms with Crippen molar-refractivity contribution < 1.29 is 14.3 Å². The summed E-state index contributed by atoms with van der Waals surface area (Å²) >= 11 is 9.38.